The summed E-state index contributed by atoms with van der Waals surface area (Å²) in [5, 5.41) is 13.1. The summed E-state index contributed by atoms with van der Waals surface area (Å²) in [4.78, 5) is 24.6. The van der Waals surface area contributed by atoms with Crippen LogP contribution in [-0.4, -0.2) is 48.7 Å². The number of ether oxygens (including phenoxy) is 2. The molecule has 1 rings (SSSR count). The average Bonchev–Trinajstić information content (AvgIpc) is 2.77. The van der Waals surface area contributed by atoms with Crippen molar-refractivity contribution >= 4 is 11.9 Å². The number of nitrogens with one attached hydrogen (secondary N) is 1. The average molecular weight is 454 g/mol. The number of rotatable bonds is 17. The van der Waals surface area contributed by atoms with Gasteiger partial charge in [0.1, 0.15) is 0 Å². The number of carbonyl (C=O) groups excluding carboxylic acids is 2. The topological polar surface area (TPSA) is 84.9 Å². The molecule has 0 saturated heterocycles. The number of aryl methyl sites for hydroxylation is 2. The van der Waals surface area contributed by atoms with Gasteiger partial charge < -0.3 is 19.9 Å². The van der Waals surface area contributed by atoms with E-state index in [0.717, 1.165) is 44.1 Å². The van der Waals surface area contributed by atoms with Crippen molar-refractivity contribution in [1.82, 2.24) is 5.32 Å². The highest BCUT2D eigenvalue weighted by Crippen LogP contribution is 2.23. The fourth-order valence-electron chi connectivity index (χ4n) is 3.72. The molecule has 2 N–H and O–H groups in total. The summed E-state index contributed by atoms with van der Waals surface area (Å²) in [5.74, 6) is -1.16. The lowest BCUT2D eigenvalue weighted by molar-refractivity contribution is -0.188. The predicted molar refractivity (Wildman–Crippen MR) is 123 cm³/mol. The lowest BCUT2D eigenvalue weighted by atomic mass is 9.89. The Hall–Kier alpha value is -1.99. The van der Waals surface area contributed by atoms with Gasteiger partial charge in [-0.15, -0.1) is 0 Å². The first-order chi connectivity index (χ1) is 15.4. The van der Waals surface area contributed by atoms with Gasteiger partial charge >= 0.3 is 5.97 Å². The summed E-state index contributed by atoms with van der Waals surface area (Å²) in [7, 11) is 0. The van der Waals surface area contributed by atoms with Crippen LogP contribution in [0.5, 0.6) is 0 Å². The number of halogens is 1. The number of aliphatic hydroxyl groups is 1. The molecule has 0 aliphatic rings. The van der Waals surface area contributed by atoms with Crippen molar-refractivity contribution in [2.24, 2.45) is 0 Å². The molecule has 0 spiro atoms. The maximum absolute atomic E-state index is 12.7. The Labute approximate surface area is 191 Å². The normalized spacial score (nSPS) is 13.9. The molecule has 1 aromatic rings. The van der Waals surface area contributed by atoms with Crippen molar-refractivity contribution in [2.45, 2.75) is 90.4 Å². The molecule has 1 aromatic carbocycles. The van der Waals surface area contributed by atoms with E-state index in [2.05, 4.69) is 17.4 Å². The number of hydrogen-bond acceptors (Lipinski definition) is 5. The van der Waals surface area contributed by atoms with Gasteiger partial charge in [0.15, 0.2) is 11.8 Å². The highest BCUT2D eigenvalue weighted by Gasteiger charge is 2.48. The van der Waals surface area contributed by atoms with E-state index in [1.54, 1.807) is 13.8 Å². The van der Waals surface area contributed by atoms with Crippen LogP contribution in [0.1, 0.15) is 76.8 Å². The molecule has 182 valence electrons. The van der Waals surface area contributed by atoms with Crippen molar-refractivity contribution in [3.63, 3.8) is 0 Å². The van der Waals surface area contributed by atoms with E-state index >= 15 is 0 Å². The summed E-state index contributed by atoms with van der Waals surface area (Å²) in [6.07, 6.45) is 6.18. The zero-order valence-electron chi connectivity index (χ0n) is 19.8. The van der Waals surface area contributed by atoms with Gasteiger partial charge in [-0.05, 0) is 57.1 Å². The van der Waals surface area contributed by atoms with Crippen LogP contribution in [0, 0.1) is 0 Å². The summed E-state index contributed by atoms with van der Waals surface area (Å²) < 4.78 is 22.5. The lowest BCUT2D eigenvalue weighted by Crippen LogP contribution is -2.63. The molecule has 0 bridgehead atoms. The van der Waals surface area contributed by atoms with Gasteiger partial charge in [0.2, 0.25) is 5.91 Å². The molecule has 0 aromatic heterocycles. The van der Waals surface area contributed by atoms with Crippen LogP contribution in [0.2, 0.25) is 0 Å². The third-order valence-electron chi connectivity index (χ3n) is 5.46. The number of amides is 1. The minimum absolute atomic E-state index is 0.129. The summed E-state index contributed by atoms with van der Waals surface area (Å²) in [6.45, 7) is 4.77. The molecule has 1 amide bonds. The van der Waals surface area contributed by atoms with Crippen LogP contribution in [0.15, 0.2) is 24.3 Å². The van der Waals surface area contributed by atoms with Gasteiger partial charge in [0.25, 0.3) is 0 Å². The van der Waals surface area contributed by atoms with Crippen LogP contribution >= 0.6 is 0 Å². The van der Waals surface area contributed by atoms with Crippen LogP contribution in [0.4, 0.5) is 4.39 Å². The first kappa shape index (κ1) is 28.0. The molecule has 2 atom stereocenters. The molecule has 0 fully saturated rings. The number of benzene rings is 1. The Morgan fingerprint density at radius 3 is 2.06 bits per heavy atom. The third kappa shape index (κ3) is 9.65. The molecule has 7 heteroatoms. The molecule has 0 radical (unpaired) electrons. The summed E-state index contributed by atoms with van der Waals surface area (Å²) in [6, 6.07) is 8.16. The Balaban J connectivity index is 2.72. The Morgan fingerprint density at radius 1 is 0.969 bits per heavy atom. The third-order valence-corrected chi connectivity index (χ3v) is 5.46. The summed E-state index contributed by atoms with van der Waals surface area (Å²) >= 11 is 0. The van der Waals surface area contributed by atoms with Gasteiger partial charge in [-0.3, -0.25) is 9.18 Å². The highest BCUT2D eigenvalue weighted by atomic mass is 19.1. The van der Waals surface area contributed by atoms with E-state index in [0.29, 0.717) is 12.8 Å². The Morgan fingerprint density at radius 2 is 1.53 bits per heavy atom. The predicted octanol–water partition coefficient (Wildman–Crippen LogP) is 4.26. The minimum Gasteiger partial charge on any atom is -0.464 e. The molecule has 0 saturated carbocycles. The van der Waals surface area contributed by atoms with Gasteiger partial charge in [-0.2, -0.15) is 0 Å². The molecule has 6 nitrogen and oxygen atoms in total. The number of alkyl halides is 1. The minimum atomic E-state index is -1.67. The Bertz CT molecular complexity index is 667. The van der Waals surface area contributed by atoms with Gasteiger partial charge in [-0.1, -0.05) is 49.9 Å². The summed E-state index contributed by atoms with van der Waals surface area (Å²) in [5.41, 5.74) is 0.562. The smallest absolute Gasteiger partial charge is 0.337 e. The largest absolute Gasteiger partial charge is 0.464 e. The molecule has 0 aliphatic carbocycles. The van der Waals surface area contributed by atoms with E-state index in [9.17, 15) is 19.1 Å². The quantitative estimate of drug-likeness (QED) is 0.209. The SMILES string of the molecule is CCOC(=O)C(CCc1ccc(CCCCCCCCF)cc1)(NC(C)=O)C(O)OCC. The zero-order valence-corrected chi connectivity index (χ0v) is 19.8. The zero-order chi connectivity index (χ0) is 23.8. The second-order valence-corrected chi connectivity index (χ2v) is 8.06. The van der Waals surface area contributed by atoms with Crippen molar-refractivity contribution in [2.75, 3.05) is 19.9 Å². The molecule has 2 unspecified atom stereocenters. The van der Waals surface area contributed by atoms with Gasteiger partial charge in [-0.25, -0.2) is 4.79 Å². The van der Waals surface area contributed by atoms with Crippen LogP contribution in [0.3, 0.4) is 0 Å². The number of aliphatic hydroxyl groups excluding tert-OH is 1. The molecule has 32 heavy (non-hydrogen) atoms. The van der Waals surface area contributed by atoms with Gasteiger partial charge in [0.05, 0.1) is 13.3 Å². The van der Waals surface area contributed by atoms with E-state index in [1.165, 1.54) is 12.5 Å². The first-order valence-electron chi connectivity index (χ1n) is 11.8. The van der Waals surface area contributed by atoms with E-state index in [-0.39, 0.29) is 26.3 Å². The van der Waals surface area contributed by atoms with Crippen molar-refractivity contribution in [3.05, 3.63) is 35.4 Å². The molecular formula is C25H40FNO5. The maximum atomic E-state index is 12.7. The number of esters is 1. The monoisotopic (exact) mass is 453 g/mol. The first-order valence-corrected chi connectivity index (χ1v) is 11.8. The van der Waals surface area contributed by atoms with Crippen LogP contribution in [0.25, 0.3) is 0 Å². The second kappa shape index (κ2) is 15.8. The standard InChI is InChI=1S/C25H40FNO5/c1-4-31-23(29)25(27-20(3)28,24(30)32-5-2)18-17-22-15-13-21(14-16-22)12-10-8-6-7-9-11-19-26/h13-16,23,29H,4-12,17-19H2,1-3H3,(H,27,28). The fraction of sp³-hybridized carbons (Fsp3) is 0.680. The maximum Gasteiger partial charge on any atom is 0.337 e. The molecule has 0 heterocycles. The number of hydrogen-bond donors (Lipinski definition) is 2. The van der Waals surface area contributed by atoms with Gasteiger partial charge in [0, 0.05) is 13.5 Å². The van der Waals surface area contributed by atoms with Crippen molar-refractivity contribution < 1.29 is 28.6 Å². The van der Waals surface area contributed by atoms with E-state index in [1.807, 2.05) is 12.1 Å². The Kier molecular flexibility index (Phi) is 13.8. The highest BCUT2D eigenvalue weighted by molar-refractivity contribution is 5.87. The van der Waals surface area contributed by atoms with E-state index < -0.39 is 23.7 Å². The van der Waals surface area contributed by atoms with Crippen LogP contribution < -0.4 is 5.32 Å². The fourth-order valence-corrected chi connectivity index (χ4v) is 3.72. The van der Waals surface area contributed by atoms with Crippen LogP contribution in [-0.2, 0) is 31.9 Å². The van der Waals surface area contributed by atoms with Crippen molar-refractivity contribution in [1.29, 1.82) is 0 Å². The van der Waals surface area contributed by atoms with Crippen molar-refractivity contribution in [3.8, 4) is 0 Å². The molecule has 0 aliphatic heterocycles. The number of unbranched alkanes of at least 4 members (excludes halogenated alkanes) is 5. The van der Waals surface area contributed by atoms with E-state index in [4.69, 9.17) is 9.47 Å². The number of carbonyl (C=O) groups is 2. The second-order valence-electron chi connectivity index (χ2n) is 8.06. The lowest BCUT2D eigenvalue weighted by Gasteiger charge is -2.35. The molecular weight excluding hydrogens is 413 g/mol.